The van der Waals surface area contributed by atoms with Gasteiger partial charge in [0.1, 0.15) is 11.9 Å². The summed E-state index contributed by atoms with van der Waals surface area (Å²) in [5, 5.41) is 9.55. The molecule has 2 aromatic carbocycles. The molecule has 138 valence electrons. The lowest BCUT2D eigenvalue weighted by Crippen LogP contribution is -2.49. The van der Waals surface area contributed by atoms with E-state index in [0.717, 1.165) is 5.56 Å². The third kappa shape index (κ3) is 3.44. The number of fused-ring (bicyclic) bond motifs is 1. The number of hydrogen-bond acceptors (Lipinski definition) is 5. The molecule has 0 aliphatic carbocycles. The van der Waals surface area contributed by atoms with Gasteiger partial charge in [0.15, 0.2) is 11.5 Å². The Morgan fingerprint density at radius 3 is 2.44 bits per heavy atom. The maximum Gasteiger partial charge on any atom is 0.254 e. The van der Waals surface area contributed by atoms with Gasteiger partial charge in [-0.25, -0.2) is 4.39 Å². The summed E-state index contributed by atoms with van der Waals surface area (Å²) in [5.74, 6) is 0.839. The van der Waals surface area contributed by atoms with Crippen LogP contribution in [0.25, 0.3) is 0 Å². The van der Waals surface area contributed by atoms with Crippen LogP contribution in [0.1, 0.15) is 22.0 Å². The summed E-state index contributed by atoms with van der Waals surface area (Å²) in [6.45, 7) is 2.36. The Morgan fingerprint density at radius 2 is 1.74 bits per heavy atom. The fourth-order valence-electron chi connectivity index (χ4n) is 3.41. The topological polar surface area (TPSA) is 65.8 Å². The normalized spacial score (nSPS) is 17.4. The molecule has 1 saturated heterocycles. The second kappa shape index (κ2) is 7.25. The van der Waals surface area contributed by atoms with E-state index < -0.39 is 6.04 Å². The standard InChI is InChI=1S/C20H18FN3O3/c21-16-4-1-14(2-5-16)17(12-22)23-7-9-24(10-8-23)20(25)15-3-6-18-19(11-15)27-13-26-18/h1-6,11,17H,7-10,13H2. The van der Waals surface area contributed by atoms with Gasteiger partial charge < -0.3 is 14.4 Å². The maximum atomic E-state index is 13.1. The molecular weight excluding hydrogens is 349 g/mol. The second-order valence-corrected chi connectivity index (χ2v) is 6.48. The van der Waals surface area contributed by atoms with Gasteiger partial charge in [-0.2, -0.15) is 5.26 Å². The number of benzene rings is 2. The van der Waals surface area contributed by atoms with Gasteiger partial charge in [0.25, 0.3) is 5.91 Å². The molecule has 0 N–H and O–H groups in total. The van der Waals surface area contributed by atoms with Crippen LogP contribution >= 0.6 is 0 Å². The zero-order chi connectivity index (χ0) is 18.8. The molecule has 4 rings (SSSR count). The van der Waals surface area contributed by atoms with E-state index in [1.165, 1.54) is 12.1 Å². The maximum absolute atomic E-state index is 13.1. The molecule has 1 fully saturated rings. The van der Waals surface area contributed by atoms with Crippen molar-refractivity contribution in [1.29, 1.82) is 5.26 Å². The summed E-state index contributed by atoms with van der Waals surface area (Å²) in [6.07, 6.45) is 0. The number of hydrogen-bond donors (Lipinski definition) is 0. The molecule has 0 saturated carbocycles. The lowest BCUT2D eigenvalue weighted by atomic mass is 10.1. The number of amides is 1. The van der Waals surface area contributed by atoms with Gasteiger partial charge in [-0.15, -0.1) is 0 Å². The third-order valence-electron chi connectivity index (χ3n) is 4.89. The molecule has 2 aliphatic heterocycles. The minimum atomic E-state index is -0.451. The number of rotatable bonds is 3. The van der Waals surface area contributed by atoms with Crippen molar-refractivity contribution in [3.05, 3.63) is 59.4 Å². The summed E-state index contributed by atoms with van der Waals surface area (Å²) in [4.78, 5) is 16.5. The molecule has 7 heteroatoms. The Hall–Kier alpha value is -3.11. The molecule has 2 aliphatic rings. The van der Waals surface area contributed by atoms with Gasteiger partial charge in [-0.1, -0.05) is 12.1 Å². The Morgan fingerprint density at radius 1 is 1.04 bits per heavy atom. The third-order valence-corrected chi connectivity index (χ3v) is 4.89. The van der Waals surface area contributed by atoms with Crippen LogP contribution in [-0.2, 0) is 0 Å². The Balaban J connectivity index is 1.41. The van der Waals surface area contributed by atoms with Crippen molar-refractivity contribution < 1.29 is 18.7 Å². The molecule has 2 heterocycles. The fourth-order valence-corrected chi connectivity index (χ4v) is 3.41. The van der Waals surface area contributed by atoms with E-state index in [9.17, 15) is 14.4 Å². The van der Waals surface area contributed by atoms with Crippen LogP contribution in [0.4, 0.5) is 4.39 Å². The first-order chi connectivity index (χ1) is 13.2. The highest BCUT2D eigenvalue weighted by molar-refractivity contribution is 5.95. The molecular formula is C20H18FN3O3. The van der Waals surface area contributed by atoms with Crippen LogP contribution in [0, 0.1) is 17.1 Å². The van der Waals surface area contributed by atoms with Gasteiger partial charge in [-0.05, 0) is 35.9 Å². The largest absolute Gasteiger partial charge is 0.454 e. The molecule has 1 unspecified atom stereocenters. The van der Waals surface area contributed by atoms with Crippen LogP contribution in [0.2, 0.25) is 0 Å². The van der Waals surface area contributed by atoms with Gasteiger partial charge in [0.05, 0.1) is 6.07 Å². The lowest BCUT2D eigenvalue weighted by Gasteiger charge is -2.37. The number of carbonyl (C=O) groups excluding carboxylic acids is 1. The van der Waals surface area contributed by atoms with Crippen LogP contribution in [0.3, 0.4) is 0 Å². The van der Waals surface area contributed by atoms with E-state index in [0.29, 0.717) is 43.2 Å². The molecule has 1 atom stereocenters. The SMILES string of the molecule is N#CC(c1ccc(F)cc1)N1CCN(C(=O)c2ccc3c(c2)OCO3)CC1. The van der Waals surface area contributed by atoms with E-state index >= 15 is 0 Å². The molecule has 0 spiro atoms. The summed E-state index contributed by atoms with van der Waals surface area (Å²) in [5.41, 5.74) is 1.32. The number of halogens is 1. The van der Waals surface area contributed by atoms with E-state index in [4.69, 9.17) is 9.47 Å². The highest BCUT2D eigenvalue weighted by Crippen LogP contribution is 2.33. The summed E-state index contributed by atoms with van der Waals surface area (Å²) in [7, 11) is 0. The quantitative estimate of drug-likeness (QED) is 0.834. The Kier molecular flexibility index (Phi) is 4.65. The first-order valence-corrected chi connectivity index (χ1v) is 8.74. The fraction of sp³-hybridized carbons (Fsp3) is 0.300. The van der Waals surface area contributed by atoms with E-state index in [1.807, 2.05) is 4.90 Å². The highest BCUT2D eigenvalue weighted by atomic mass is 19.1. The van der Waals surface area contributed by atoms with Crippen molar-refractivity contribution >= 4 is 5.91 Å². The molecule has 6 nitrogen and oxygen atoms in total. The average molecular weight is 367 g/mol. The molecule has 0 bridgehead atoms. The van der Waals surface area contributed by atoms with E-state index in [2.05, 4.69) is 6.07 Å². The minimum absolute atomic E-state index is 0.0664. The second-order valence-electron chi connectivity index (χ2n) is 6.48. The van der Waals surface area contributed by atoms with Gasteiger partial charge in [0, 0.05) is 31.7 Å². The predicted octanol–water partition coefficient (Wildman–Crippen LogP) is 2.58. The molecule has 0 radical (unpaired) electrons. The molecule has 0 aromatic heterocycles. The van der Waals surface area contributed by atoms with Crippen LogP contribution in [-0.4, -0.2) is 48.7 Å². The highest BCUT2D eigenvalue weighted by Gasteiger charge is 2.28. The average Bonchev–Trinajstić information content (AvgIpc) is 3.18. The number of ether oxygens (including phenoxy) is 2. The minimum Gasteiger partial charge on any atom is -0.454 e. The number of piperazine rings is 1. The monoisotopic (exact) mass is 367 g/mol. The summed E-state index contributed by atoms with van der Waals surface area (Å²) < 4.78 is 23.7. The van der Waals surface area contributed by atoms with Gasteiger partial charge in [0.2, 0.25) is 6.79 Å². The van der Waals surface area contributed by atoms with Crippen molar-refractivity contribution in [3.63, 3.8) is 0 Å². The molecule has 2 aromatic rings. The van der Waals surface area contributed by atoms with Crippen molar-refractivity contribution in [1.82, 2.24) is 9.80 Å². The smallest absolute Gasteiger partial charge is 0.254 e. The Bertz CT molecular complexity index is 886. The van der Waals surface area contributed by atoms with Crippen molar-refractivity contribution in [3.8, 4) is 17.6 Å². The summed E-state index contributed by atoms with van der Waals surface area (Å²) >= 11 is 0. The van der Waals surface area contributed by atoms with Gasteiger partial charge in [-0.3, -0.25) is 9.69 Å². The predicted molar refractivity (Wildman–Crippen MR) is 94.8 cm³/mol. The van der Waals surface area contributed by atoms with Crippen LogP contribution in [0.5, 0.6) is 11.5 Å². The molecule has 1 amide bonds. The van der Waals surface area contributed by atoms with Crippen molar-refractivity contribution in [2.24, 2.45) is 0 Å². The van der Waals surface area contributed by atoms with Crippen LogP contribution in [0.15, 0.2) is 42.5 Å². The number of nitriles is 1. The first-order valence-electron chi connectivity index (χ1n) is 8.74. The summed E-state index contributed by atoms with van der Waals surface area (Å²) in [6, 6.07) is 13.0. The van der Waals surface area contributed by atoms with Crippen LogP contribution < -0.4 is 9.47 Å². The van der Waals surface area contributed by atoms with Crippen molar-refractivity contribution in [2.75, 3.05) is 33.0 Å². The van der Waals surface area contributed by atoms with E-state index in [-0.39, 0.29) is 18.5 Å². The Labute approximate surface area is 156 Å². The first kappa shape index (κ1) is 17.3. The zero-order valence-corrected chi connectivity index (χ0v) is 14.6. The zero-order valence-electron chi connectivity index (χ0n) is 14.6. The van der Waals surface area contributed by atoms with Crippen molar-refractivity contribution in [2.45, 2.75) is 6.04 Å². The lowest BCUT2D eigenvalue weighted by molar-refractivity contribution is 0.0606. The van der Waals surface area contributed by atoms with Gasteiger partial charge >= 0.3 is 0 Å². The van der Waals surface area contributed by atoms with E-state index in [1.54, 1.807) is 35.2 Å². The number of carbonyl (C=O) groups is 1. The number of nitrogens with zero attached hydrogens (tertiary/aromatic N) is 3. The molecule has 27 heavy (non-hydrogen) atoms.